The number of rotatable bonds is 3. The number of hydrogen-bond acceptors (Lipinski definition) is 4. The molecule has 0 spiro atoms. The molecule has 0 aromatic heterocycles. The van der Waals surface area contributed by atoms with Gasteiger partial charge >= 0.3 is 0 Å². The summed E-state index contributed by atoms with van der Waals surface area (Å²) in [4.78, 5) is 14.0. The van der Waals surface area contributed by atoms with Crippen molar-refractivity contribution >= 4 is 5.91 Å². The Morgan fingerprint density at radius 1 is 1.33 bits per heavy atom. The first kappa shape index (κ1) is 13.8. The second-order valence-electron chi connectivity index (χ2n) is 5.20. The summed E-state index contributed by atoms with van der Waals surface area (Å²) in [6, 6.07) is 0.0821. The van der Waals surface area contributed by atoms with Crippen LogP contribution in [0.4, 0.5) is 0 Å². The average molecular weight is 256 g/mol. The minimum Gasteiger partial charge on any atom is -0.378 e. The number of amides is 1. The van der Waals surface area contributed by atoms with Gasteiger partial charge in [0.05, 0.1) is 19.3 Å². The number of carbonyl (C=O) groups is 1. The lowest BCUT2D eigenvalue weighted by atomic mass is 9.93. The predicted octanol–water partition coefficient (Wildman–Crippen LogP) is 0.520. The van der Waals surface area contributed by atoms with E-state index in [1.165, 1.54) is 6.42 Å². The number of ether oxygens (including phenoxy) is 2. The molecule has 5 nitrogen and oxygen atoms in total. The lowest BCUT2D eigenvalue weighted by Gasteiger charge is -2.33. The van der Waals surface area contributed by atoms with Crippen LogP contribution in [0.1, 0.15) is 32.6 Å². The largest absolute Gasteiger partial charge is 0.378 e. The van der Waals surface area contributed by atoms with Gasteiger partial charge in [-0.3, -0.25) is 4.79 Å². The van der Waals surface area contributed by atoms with E-state index in [9.17, 15) is 4.79 Å². The van der Waals surface area contributed by atoms with Crippen molar-refractivity contribution in [1.82, 2.24) is 4.90 Å². The molecule has 1 aliphatic heterocycles. The van der Waals surface area contributed by atoms with E-state index in [-0.39, 0.29) is 18.1 Å². The minimum absolute atomic E-state index is 0.0405. The third-order valence-corrected chi connectivity index (χ3v) is 3.80. The second-order valence-corrected chi connectivity index (χ2v) is 5.20. The molecule has 1 saturated carbocycles. The van der Waals surface area contributed by atoms with Gasteiger partial charge in [0.15, 0.2) is 0 Å². The second kappa shape index (κ2) is 6.50. The monoisotopic (exact) mass is 256 g/mol. The lowest BCUT2D eigenvalue weighted by molar-refractivity contribution is -0.151. The highest BCUT2D eigenvalue weighted by atomic mass is 16.5. The van der Waals surface area contributed by atoms with Crippen molar-refractivity contribution in [2.45, 2.75) is 50.9 Å². The Labute approximate surface area is 109 Å². The van der Waals surface area contributed by atoms with Crippen LogP contribution in [0, 0.1) is 0 Å². The zero-order chi connectivity index (χ0) is 13.0. The normalized spacial score (nSPS) is 31.1. The minimum atomic E-state index is -0.391. The maximum Gasteiger partial charge on any atom is 0.251 e. The van der Waals surface area contributed by atoms with Crippen molar-refractivity contribution < 1.29 is 14.3 Å². The highest BCUT2D eigenvalue weighted by Crippen LogP contribution is 2.21. The van der Waals surface area contributed by atoms with Crippen molar-refractivity contribution in [3.8, 4) is 0 Å². The highest BCUT2D eigenvalue weighted by molar-refractivity contribution is 5.80. The van der Waals surface area contributed by atoms with E-state index in [1.807, 2.05) is 11.8 Å². The highest BCUT2D eigenvalue weighted by Gasteiger charge is 2.29. The fraction of sp³-hybridized carbons (Fsp3) is 0.923. The van der Waals surface area contributed by atoms with Crippen LogP contribution in [0.2, 0.25) is 0 Å². The maximum absolute atomic E-state index is 12.2. The summed E-state index contributed by atoms with van der Waals surface area (Å²) >= 11 is 0. The molecule has 2 N–H and O–H groups in total. The van der Waals surface area contributed by atoms with Crippen molar-refractivity contribution in [1.29, 1.82) is 0 Å². The van der Waals surface area contributed by atoms with Gasteiger partial charge in [0.2, 0.25) is 0 Å². The Bertz CT molecular complexity index is 279. The number of morpholine rings is 1. The van der Waals surface area contributed by atoms with Crippen molar-refractivity contribution in [3.63, 3.8) is 0 Å². The standard InChI is InChI=1S/C13H24N2O3/c1-10(13(16)15-6-8-17-9-7-15)18-12-5-3-2-4-11(12)14/h10-12H,2-9,14H2,1H3. The molecule has 1 saturated heterocycles. The van der Waals surface area contributed by atoms with Crippen LogP contribution in [0.25, 0.3) is 0 Å². The Hall–Kier alpha value is -0.650. The number of hydrogen-bond donors (Lipinski definition) is 1. The zero-order valence-corrected chi connectivity index (χ0v) is 11.1. The average Bonchev–Trinajstić information content (AvgIpc) is 2.41. The first-order chi connectivity index (χ1) is 8.68. The molecule has 0 radical (unpaired) electrons. The van der Waals surface area contributed by atoms with E-state index >= 15 is 0 Å². The van der Waals surface area contributed by atoms with Crippen molar-refractivity contribution in [3.05, 3.63) is 0 Å². The summed E-state index contributed by atoms with van der Waals surface area (Å²) in [5.41, 5.74) is 6.04. The number of nitrogens with two attached hydrogens (primary N) is 1. The number of nitrogens with zero attached hydrogens (tertiary/aromatic N) is 1. The van der Waals surface area contributed by atoms with Gasteiger partial charge in [0, 0.05) is 19.1 Å². The smallest absolute Gasteiger partial charge is 0.251 e. The molecule has 1 aliphatic carbocycles. The molecule has 2 fully saturated rings. The summed E-state index contributed by atoms with van der Waals surface area (Å²) in [6.07, 6.45) is 3.95. The Morgan fingerprint density at radius 3 is 2.67 bits per heavy atom. The lowest BCUT2D eigenvalue weighted by Crippen LogP contribution is -2.48. The quantitative estimate of drug-likeness (QED) is 0.799. The van der Waals surface area contributed by atoms with Crippen molar-refractivity contribution in [2.75, 3.05) is 26.3 Å². The molecule has 0 bridgehead atoms. The zero-order valence-electron chi connectivity index (χ0n) is 11.1. The van der Waals surface area contributed by atoms with Crippen molar-refractivity contribution in [2.24, 2.45) is 5.73 Å². The van der Waals surface area contributed by atoms with Crippen LogP contribution in [-0.4, -0.2) is 55.4 Å². The van der Waals surface area contributed by atoms with Gasteiger partial charge in [-0.1, -0.05) is 12.8 Å². The van der Waals surface area contributed by atoms with Gasteiger partial charge in [-0.05, 0) is 19.8 Å². The molecule has 5 heteroatoms. The van der Waals surface area contributed by atoms with E-state index in [1.54, 1.807) is 0 Å². The molecule has 3 unspecified atom stereocenters. The Kier molecular flexibility index (Phi) is 4.97. The van der Waals surface area contributed by atoms with E-state index in [0.29, 0.717) is 26.3 Å². The summed E-state index contributed by atoms with van der Waals surface area (Å²) in [7, 11) is 0. The summed E-state index contributed by atoms with van der Waals surface area (Å²) in [5, 5.41) is 0. The Balaban J connectivity index is 1.82. The first-order valence-electron chi connectivity index (χ1n) is 6.96. The molecular weight excluding hydrogens is 232 g/mol. The topological polar surface area (TPSA) is 64.8 Å². The summed E-state index contributed by atoms with van der Waals surface area (Å²) in [6.45, 7) is 4.43. The van der Waals surface area contributed by atoms with Crippen LogP contribution in [0.15, 0.2) is 0 Å². The van der Waals surface area contributed by atoms with Gasteiger partial charge in [0.25, 0.3) is 5.91 Å². The molecule has 18 heavy (non-hydrogen) atoms. The van der Waals surface area contributed by atoms with Gasteiger partial charge in [0.1, 0.15) is 6.10 Å². The van der Waals surface area contributed by atoms with E-state index in [0.717, 1.165) is 19.3 Å². The van der Waals surface area contributed by atoms with Crippen LogP contribution in [0.3, 0.4) is 0 Å². The molecule has 2 rings (SSSR count). The maximum atomic E-state index is 12.2. The molecule has 0 aromatic carbocycles. The molecular formula is C13H24N2O3. The number of carbonyl (C=O) groups excluding carboxylic acids is 1. The molecule has 3 atom stereocenters. The fourth-order valence-corrected chi connectivity index (χ4v) is 2.66. The molecule has 104 valence electrons. The van der Waals surface area contributed by atoms with E-state index in [2.05, 4.69) is 0 Å². The SMILES string of the molecule is CC(OC1CCCCC1N)C(=O)N1CCOCC1. The summed E-state index contributed by atoms with van der Waals surface area (Å²) in [5.74, 6) is 0.0658. The fourth-order valence-electron chi connectivity index (χ4n) is 2.66. The van der Waals surface area contributed by atoms with Crippen LogP contribution >= 0.6 is 0 Å². The van der Waals surface area contributed by atoms with Gasteiger partial charge in [-0.25, -0.2) is 0 Å². The molecule has 1 amide bonds. The first-order valence-corrected chi connectivity index (χ1v) is 6.96. The molecule has 2 aliphatic rings. The van der Waals surface area contributed by atoms with Gasteiger partial charge in [-0.15, -0.1) is 0 Å². The van der Waals surface area contributed by atoms with E-state index < -0.39 is 6.10 Å². The third kappa shape index (κ3) is 3.43. The van der Waals surface area contributed by atoms with Crippen LogP contribution in [0.5, 0.6) is 0 Å². The molecule has 1 heterocycles. The summed E-state index contributed by atoms with van der Waals surface area (Å²) < 4.78 is 11.1. The third-order valence-electron chi connectivity index (χ3n) is 3.80. The van der Waals surface area contributed by atoms with Gasteiger partial charge in [-0.2, -0.15) is 0 Å². The molecule has 0 aromatic rings. The van der Waals surface area contributed by atoms with Crippen LogP contribution < -0.4 is 5.73 Å². The Morgan fingerprint density at radius 2 is 2.00 bits per heavy atom. The van der Waals surface area contributed by atoms with Gasteiger partial charge < -0.3 is 20.1 Å². The predicted molar refractivity (Wildman–Crippen MR) is 68.2 cm³/mol. The van der Waals surface area contributed by atoms with E-state index in [4.69, 9.17) is 15.2 Å². The van der Waals surface area contributed by atoms with Crippen LogP contribution in [-0.2, 0) is 14.3 Å².